The molecule has 6 heteroatoms. The summed E-state index contributed by atoms with van der Waals surface area (Å²) in [6, 6.07) is 16.8. The fourth-order valence-corrected chi connectivity index (χ4v) is 4.60. The van der Waals surface area contributed by atoms with Crippen molar-refractivity contribution in [1.82, 2.24) is 0 Å². The van der Waals surface area contributed by atoms with Crippen LogP contribution >= 0.6 is 11.8 Å². The number of amides is 2. The molecule has 2 heterocycles. The van der Waals surface area contributed by atoms with Crippen LogP contribution in [0.4, 0.5) is 5.69 Å². The number of furan rings is 1. The third-order valence-corrected chi connectivity index (χ3v) is 6.20. The van der Waals surface area contributed by atoms with Crippen molar-refractivity contribution < 1.29 is 18.7 Å². The van der Waals surface area contributed by atoms with Gasteiger partial charge in [-0.25, -0.2) is 4.90 Å². The van der Waals surface area contributed by atoms with Gasteiger partial charge in [0.15, 0.2) is 0 Å². The highest BCUT2D eigenvalue weighted by molar-refractivity contribution is 8.03. The average molecular weight is 448 g/mol. The lowest BCUT2D eigenvalue weighted by atomic mass is 10.1. The van der Waals surface area contributed by atoms with Crippen molar-refractivity contribution in [3.63, 3.8) is 0 Å². The number of anilines is 1. The minimum absolute atomic E-state index is 0.0500. The molecule has 0 aliphatic carbocycles. The smallest absolute Gasteiger partial charge is 0.272 e. The molecular formula is C26H25NO4S. The Morgan fingerprint density at radius 1 is 1.00 bits per heavy atom. The molecule has 32 heavy (non-hydrogen) atoms. The van der Waals surface area contributed by atoms with Crippen molar-refractivity contribution in [2.75, 3.05) is 4.90 Å². The van der Waals surface area contributed by atoms with Crippen molar-refractivity contribution in [3.05, 3.63) is 88.2 Å². The third-order valence-electron chi connectivity index (χ3n) is 5.10. The van der Waals surface area contributed by atoms with Gasteiger partial charge in [0.2, 0.25) is 0 Å². The number of aryl methyl sites for hydroxylation is 2. The van der Waals surface area contributed by atoms with Crippen LogP contribution in [0.3, 0.4) is 0 Å². The number of carbonyl (C=O) groups excluding carboxylic acids is 2. The molecule has 0 atom stereocenters. The second-order valence-electron chi connectivity index (χ2n) is 8.00. The standard InChI is InChI=1S/C26H25NO4S/c1-16(2)31-20-11-9-19(10-12-20)23-24(32-15-21-6-5-13-30-21)26(29)27(25(23)28)22-14-17(3)7-8-18(22)4/h5-14,16H,15H2,1-4H3. The van der Waals surface area contributed by atoms with Gasteiger partial charge in [0.25, 0.3) is 11.8 Å². The van der Waals surface area contributed by atoms with E-state index in [4.69, 9.17) is 9.15 Å². The van der Waals surface area contributed by atoms with Gasteiger partial charge in [-0.1, -0.05) is 24.3 Å². The van der Waals surface area contributed by atoms with E-state index in [1.165, 1.54) is 16.7 Å². The average Bonchev–Trinajstić information content (AvgIpc) is 3.35. The summed E-state index contributed by atoms with van der Waals surface area (Å²) >= 11 is 1.32. The molecule has 0 spiro atoms. The van der Waals surface area contributed by atoms with Crippen molar-refractivity contribution >= 4 is 34.8 Å². The van der Waals surface area contributed by atoms with E-state index < -0.39 is 0 Å². The molecule has 0 N–H and O–H groups in total. The maximum Gasteiger partial charge on any atom is 0.272 e. The Kier molecular flexibility index (Phi) is 6.24. The summed E-state index contributed by atoms with van der Waals surface area (Å²) in [4.78, 5) is 28.8. The monoisotopic (exact) mass is 447 g/mol. The number of ether oxygens (including phenoxy) is 1. The zero-order valence-corrected chi connectivity index (χ0v) is 19.4. The van der Waals surface area contributed by atoms with Gasteiger partial charge in [-0.05, 0) is 74.7 Å². The first kappa shape index (κ1) is 22.0. The number of hydrogen-bond acceptors (Lipinski definition) is 5. The van der Waals surface area contributed by atoms with E-state index in [0.29, 0.717) is 27.5 Å². The zero-order valence-electron chi connectivity index (χ0n) is 18.5. The quantitative estimate of drug-likeness (QED) is 0.422. The first-order valence-electron chi connectivity index (χ1n) is 10.5. The van der Waals surface area contributed by atoms with E-state index in [2.05, 4.69) is 0 Å². The van der Waals surface area contributed by atoms with Crippen LogP contribution in [0.2, 0.25) is 0 Å². The molecule has 0 unspecified atom stereocenters. The highest BCUT2D eigenvalue weighted by atomic mass is 32.2. The van der Waals surface area contributed by atoms with Crippen LogP contribution in [-0.2, 0) is 15.3 Å². The van der Waals surface area contributed by atoms with E-state index in [1.807, 2.05) is 82.3 Å². The van der Waals surface area contributed by atoms with Crippen LogP contribution < -0.4 is 9.64 Å². The Hall–Kier alpha value is -3.25. The molecule has 164 valence electrons. The van der Waals surface area contributed by atoms with Gasteiger partial charge in [0, 0.05) is 0 Å². The van der Waals surface area contributed by atoms with Gasteiger partial charge in [-0.3, -0.25) is 9.59 Å². The van der Waals surface area contributed by atoms with Gasteiger partial charge in [-0.15, -0.1) is 11.8 Å². The number of imide groups is 1. The summed E-state index contributed by atoms with van der Waals surface area (Å²) in [5, 5.41) is 0. The Balaban J connectivity index is 1.74. The number of thioether (sulfide) groups is 1. The van der Waals surface area contributed by atoms with Crippen molar-refractivity contribution in [2.45, 2.75) is 39.6 Å². The van der Waals surface area contributed by atoms with Crippen molar-refractivity contribution in [2.24, 2.45) is 0 Å². The summed E-state index contributed by atoms with van der Waals surface area (Å²) in [5.41, 5.74) is 3.57. The highest BCUT2D eigenvalue weighted by Gasteiger charge is 2.40. The normalized spacial score (nSPS) is 14.1. The number of nitrogens with zero attached hydrogens (tertiary/aromatic N) is 1. The maximum absolute atomic E-state index is 13.6. The summed E-state index contributed by atoms with van der Waals surface area (Å²) in [6.07, 6.45) is 1.65. The fraction of sp³-hybridized carbons (Fsp3) is 0.231. The van der Waals surface area contributed by atoms with Crippen LogP contribution in [0.5, 0.6) is 5.75 Å². The maximum atomic E-state index is 13.6. The minimum atomic E-state index is -0.317. The van der Waals surface area contributed by atoms with Crippen LogP contribution in [-0.4, -0.2) is 17.9 Å². The lowest BCUT2D eigenvalue weighted by Gasteiger charge is -2.18. The number of hydrogen-bond donors (Lipinski definition) is 0. The lowest BCUT2D eigenvalue weighted by Crippen LogP contribution is -2.32. The van der Waals surface area contributed by atoms with Gasteiger partial charge >= 0.3 is 0 Å². The van der Waals surface area contributed by atoms with E-state index in [9.17, 15) is 9.59 Å². The van der Waals surface area contributed by atoms with Crippen LogP contribution in [0, 0.1) is 13.8 Å². The Morgan fingerprint density at radius 3 is 2.41 bits per heavy atom. The fourth-order valence-electron chi connectivity index (χ4n) is 3.59. The van der Waals surface area contributed by atoms with E-state index in [-0.39, 0.29) is 17.9 Å². The van der Waals surface area contributed by atoms with Gasteiger partial charge in [-0.2, -0.15) is 0 Å². The third kappa shape index (κ3) is 4.36. The van der Waals surface area contributed by atoms with Crippen molar-refractivity contribution in [3.8, 4) is 5.75 Å². The molecule has 1 aromatic heterocycles. The summed E-state index contributed by atoms with van der Waals surface area (Å²) < 4.78 is 11.2. The Morgan fingerprint density at radius 2 is 1.75 bits per heavy atom. The topological polar surface area (TPSA) is 59.8 Å². The molecule has 2 aromatic carbocycles. The SMILES string of the molecule is Cc1ccc(C)c(N2C(=O)C(SCc3ccco3)=C(c3ccc(OC(C)C)cc3)C2=O)c1. The number of carbonyl (C=O) groups is 2. The number of rotatable bonds is 7. The van der Waals surface area contributed by atoms with Gasteiger partial charge in [0.1, 0.15) is 11.5 Å². The molecule has 1 aliphatic rings. The van der Waals surface area contributed by atoms with Crippen LogP contribution in [0.15, 0.2) is 70.2 Å². The second kappa shape index (κ2) is 9.09. The predicted molar refractivity (Wildman–Crippen MR) is 128 cm³/mol. The molecule has 0 radical (unpaired) electrons. The molecular weight excluding hydrogens is 422 g/mol. The van der Waals surface area contributed by atoms with Crippen molar-refractivity contribution in [1.29, 1.82) is 0 Å². The second-order valence-corrected chi connectivity index (χ2v) is 8.98. The summed E-state index contributed by atoms with van der Waals surface area (Å²) in [6.45, 7) is 7.77. The number of benzene rings is 2. The van der Waals surface area contributed by atoms with Crippen LogP contribution in [0.1, 0.15) is 36.3 Å². The summed E-state index contributed by atoms with van der Waals surface area (Å²) in [7, 11) is 0. The Labute approximate surface area is 192 Å². The van der Waals surface area contributed by atoms with E-state index >= 15 is 0 Å². The molecule has 0 saturated carbocycles. The molecule has 0 fully saturated rings. The first-order valence-corrected chi connectivity index (χ1v) is 11.5. The van der Waals surface area contributed by atoms with Gasteiger partial charge < -0.3 is 9.15 Å². The van der Waals surface area contributed by atoms with E-state index in [0.717, 1.165) is 22.6 Å². The minimum Gasteiger partial charge on any atom is -0.491 e. The highest BCUT2D eigenvalue weighted by Crippen LogP contribution is 2.41. The van der Waals surface area contributed by atoms with Crippen LogP contribution in [0.25, 0.3) is 5.57 Å². The molecule has 3 aromatic rings. The molecule has 2 amide bonds. The zero-order chi connectivity index (χ0) is 22.8. The molecule has 4 rings (SSSR count). The molecule has 1 aliphatic heterocycles. The summed E-state index contributed by atoms with van der Waals surface area (Å²) in [5.74, 6) is 1.30. The van der Waals surface area contributed by atoms with E-state index in [1.54, 1.807) is 6.26 Å². The first-order chi connectivity index (χ1) is 15.3. The Bertz CT molecular complexity index is 1180. The van der Waals surface area contributed by atoms with Gasteiger partial charge in [0.05, 0.1) is 34.3 Å². The largest absolute Gasteiger partial charge is 0.491 e. The molecule has 0 saturated heterocycles. The molecule has 5 nitrogen and oxygen atoms in total. The molecule has 0 bridgehead atoms. The lowest BCUT2D eigenvalue weighted by molar-refractivity contribution is -0.119. The predicted octanol–water partition coefficient (Wildman–Crippen LogP) is 5.90.